The molecule has 3 N–H and O–H groups in total. The van der Waals surface area contributed by atoms with E-state index < -0.39 is 0 Å². The Balaban J connectivity index is 2.39. The van der Waals surface area contributed by atoms with Crippen molar-refractivity contribution in [2.75, 3.05) is 19.6 Å². The average molecular weight is 186 g/mol. The molecule has 78 valence electrons. The summed E-state index contributed by atoms with van der Waals surface area (Å²) in [6, 6.07) is 0.593. The van der Waals surface area contributed by atoms with Crippen molar-refractivity contribution in [1.82, 2.24) is 4.90 Å². The Morgan fingerprint density at radius 1 is 1.54 bits per heavy atom. The van der Waals surface area contributed by atoms with Gasteiger partial charge in [0.05, 0.1) is 6.10 Å². The molecule has 3 unspecified atom stereocenters. The summed E-state index contributed by atoms with van der Waals surface area (Å²) in [6.45, 7) is 6.75. The highest BCUT2D eigenvalue weighted by molar-refractivity contribution is 4.80. The molecule has 1 aliphatic heterocycles. The largest absolute Gasteiger partial charge is 0.390 e. The predicted molar refractivity (Wildman–Crippen MR) is 54.5 cm³/mol. The fourth-order valence-corrected chi connectivity index (χ4v) is 2.02. The first-order chi connectivity index (χ1) is 6.15. The van der Waals surface area contributed by atoms with Crippen LogP contribution in [0.15, 0.2) is 0 Å². The predicted octanol–water partition coefficient (Wildman–Crippen LogP) is 0.426. The van der Waals surface area contributed by atoms with Gasteiger partial charge in [-0.1, -0.05) is 6.92 Å². The molecule has 0 spiro atoms. The molecule has 1 heterocycles. The van der Waals surface area contributed by atoms with Crippen LogP contribution in [0.2, 0.25) is 0 Å². The van der Waals surface area contributed by atoms with Crippen molar-refractivity contribution >= 4 is 0 Å². The second-order valence-corrected chi connectivity index (χ2v) is 4.24. The molecule has 3 nitrogen and oxygen atoms in total. The third-order valence-corrected chi connectivity index (χ3v) is 3.22. The number of nitrogens with two attached hydrogens (primary N) is 1. The highest BCUT2D eigenvalue weighted by Gasteiger charge is 2.25. The fourth-order valence-electron chi connectivity index (χ4n) is 2.02. The van der Waals surface area contributed by atoms with Crippen LogP contribution >= 0.6 is 0 Å². The fraction of sp³-hybridized carbons (Fsp3) is 1.00. The van der Waals surface area contributed by atoms with E-state index in [4.69, 9.17) is 5.73 Å². The highest BCUT2D eigenvalue weighted by atomic mass is 16.3. The Labute approximate surface area is 80.9 Å². The molecule has 0 aromatic heterocycles. The van der Waals surface area contributed by atoms with Crippen LogP contribution in [-0.2, 0) is 0 Å². The van der Waals surface area contributed by atoms with Crippen molar-refractivity contribution in [2.24, 2.45) is 11.7 Å². The van der Waals surface area contributed by atoms with Gasteiger partial charge in [-0.05, 0) is 32.2 Å². The molecule has 0 aromatic rings. The molecule has 0 amide bonds. The molecule has 1 rings (SSSR count). The molecule has 1 fully saturated rings. The van der Waals surface area contributed by atoms with E-state index in [0.717, 1.165) is 19.0 Å². The molecule has 1 aliphatic rings. The summed E-state index contributed by atoms with van der Waals surface area (Å²) in [6.07, 6.45) is 2.21. The zero-order valence-corrected chi connectivity index (χ0v) is 8.74. The molecule has 0 aromatic carbocycles. The molecule has 0 radical (unpaired) electrons. The van der Waals surface area contributed by atoms with Gasteiger partial charge >= 0.3 is 0 Å². The molecular weight excluding hydrogens is 164 g/mol. The number of aliphatic hydroxyl groups is 1. The zero-order chi connectivity index (χ0) is 9.84. The van der Waals surface area contributed by atoms with Crippen molar-refractivity contribution in [1.29, 1.82) is 0 Å². The van der Waals surface area contributed by atoms with Gasteiger partial charge < -0.3 is 10.8 Å². The quantitative estimate of drug-likeness (QED) is 0.672. The van der Waals surface area contributed by atoms with Crippen LogP contribution in [0.3, 0.4) is 0 Å². The normalized spacial score (nSPS) is 33.2. The number of β-amino-alcohol motifs (C(OH)–C–C–N with tert-alkyl or cyclic N) is 1. The van der Waals surface area contributed by atoms with E-state index in [2.05, 4.69) is 18.7 Å². The van der Waals surface area contributed by atoms with Gasteiger partial charge in [-0.25, -0.2) is 0 Å². The lowest BCUT2D eigenvalue weighted by Crippen LogP contribution is -2.47. The zero-order valence-electron chi connectivity index (χ0n) is 8.74. The van der Waals surface area contributed by atoms with Gasteiger partial charge in [0.1, 0.15) is 0 Å². The van der Waals surface area contributed by atoms with Crippen LogP contribution in [0, 0.1) is 5.92 Å². The Morgan fingerprint density at radius 3 is 2.85 bits per heavy atom. The van der Waals surface area contributed by atoms with E-state index in [1.807, 2.05) is 0 Å². The van der Waals surface area contributed by atoms with Crippen molar-refractivity contribution in [2.45, 2.75) is 38.8 Å². The lowest BCUT2D eigenvalue weighted by molar-refractivity contribution is 0.0553. The van der Waals surface area contributed by atoms with Crippen molar-refractivity contribution in [3.8, 4) is 0 Å². The maximum absolute atomic E-state index is 9.45. The summed E-state index contributed by atoms with van der Waals surface area (Å²) < 4.78 is 0. The Morgan fingerprint density at radius 2 is 2.23 bits per heavy atom. The van der Waals surface area contributed by atoms with Crippen molar-refractivity contribution < 1.29 is 5.11 Å². The van der Waals surface area contributed by atoms with E-state index in [0.29, 0.717) is 12.6 Å². The summed E-state index contributed by atoms with van der Waals surface area (Å²) in [5.74, 6) is 0.749. The second-order valence-electron chi connectivity index (χ2n) is 4.24. The molecule has 3 heteroatoms. The Hall–Kier alpha value is -0.120. The smallest absolute Gasteiger partial charge is 0.0789 e. The minimum absolute atomic E-state index is 0.354. The number of piperidine rings is 1. The Bertz CT molecular complexity index is 152. The molecule has 0 bridgehead atoms. The summed E-state index contributed by atoms with van der Waals surface area (Å²) in [7, 11) is 0. The van der Waals surface area contributed by atoms with Gasteiger partial charge in [0, 0.05) is 19.1 Å². The van der Waals surface area contributed by atoms with E-state index in [9.17, 15) is 5.11 Å². The van der Waals surface area contributed by atoms with Crippen LogP contribution in [0.1, 0.15) is 26.7 Å². The monoisotopic (exact) mass is 186 g/mol. The maximum Gasteiger partial charge on any atom is 0.0789 e. The van der Waals surface area contributed by atoms with Gasteiger partial charge in [0.2, 0.25) is 0 Å². The number of likely N-dealkylation sites (tertiary alicyclic amines) is 1. The van der Waals surface area contributed by atoms with Gasteiger partial charge in [-0.2, -0.15) is 0 Å². The van der Waals surface area contributed by atoms with E-state index >= 15 is 0 Å². The third kappa shape index (κ3) is 2.93. The van der Waals surface area contributed by atoms with E-state index in [1.165, 1.54) is 12.8 Å². The van der Waals surface area contributed by atoms with Gasteiger partial charge in [-0.15, -0.1) is 0 Å². The van der Waals surface area contributed by atoms with E-state index in [1.54, 1.807) is 0 Å². The summed E-state index contributed by atoms with van der Waals surface area (Å²) in [5.41, 5.74) is 5.39. The number of aliphatic hydroxyl groups excluding tert-OH is 1. The standard InChI is InChI=1S/C10H22N2O/c1-8-4-3-5-12(9(8)2)7-10(13)6-11/h8-10,13H,3-7,11H2,1-2H3. The second kappa shape index (κ2) is 4.94. The SMILES string of the molecule is CC1CCCN(CC(O)CN)C1C. The minimum Gasteiger partial charge on any atom is -0.390 e. The molecule has 3 atom stereocenters. The topological polar surface area (TPSA) is 49.5 Å². The number of nitrogens with zero attached hydrogens (tertiary/aromatic N) is 1. The summed E-state index contributed by atoms with van der Waals surface area (Å²) >= 11 is 0. The highest BCUT2D eigenvalue weighted by Crippen LogP contribution is 2.22. The molecule has 0 saturated carbocycles. The van der Waals surface area contributed by atoms with Crippen molar-refractivity contribution in [3.05, 3.63) is 0 Å². The summed E-state index contributed by atoms with van der Waals surface area (Å²) in [4.78, 5) is 2.35. The number of hydrogen-bond donors (Lipinski definition) is 2. The van der Waals surface area contributed by atoms with Crippen LogP contribution in [0.5, 0.6) is 0 Å². The van der Waals surface area contributed by atoms with Crippen molar-refractivity contribution in [3.63, 3.8) is 0 Å². The van der Waals surface area contributed by atoms with E-state index in [-0.39, 0.29) is 6.10 Å². The lowest BCUT2D eigenvalue weighted by atomic mass is 9.92. The maximum atomic E-state index is 9.45. The Kier molecular flexibility index (Phi) is 4.16. The molecule has 13 heavy (non-hydrogen) atoms. The van der Waals surface area contributed by atoms with Gasteiger partial charge in [0.15, 0.2) is 0 Å². The molecule has 0 aliphatic carbocycles. The third-order valence-electron chi connectivity index (χ3n) is 3.22. The van der Waals surface area contributed by atoms with Gasteiger partial charge in [-0.3, -0.25) is 4.90 Å². The lowest BCUT2D eigenvalue weighted by Gasteiger charge is -2.38. The first-order valence-corrected chi connectivity index (χ1v) is 5.27. The van der Waals surface area contributed by atoms with Crippen LogP contribution < -0.4 is 5.73 Å². The van der Waals surface area contributed by atoms with Crippen LogP contribution in [-0.4, -0.2) is 41.8 Å². The van der Waals surface area contributed by atoms with Crippen LogP contribution in [0.4, 0.5) is 0 Å². The molecule has 1 saturated heterocycles. The summed E-state index contributed by atoms with van der Waals surface area (Å²) in [5, 5.41) is 9.45. The van der Waals surface area contributed by atoms with Crippen LogP contribution in [0.25, 0.3) is 0 Å². The minimum atomic E-state index is -0.354. The molecular formula is C10H22N2O. The average Bonchev–Trinajstić information content (AvgIpc) is 2.13. The number of hydrogen-bond acceptors (Lipinski definition) is 3. The first kappa shape index (κ1) is 11.0. The first-order valence-electron chi connectivity index (χ1n) is 5.27. The number of rotatable bonds is 3. The van der Waals surface area contributed by atoms with Gasteiger partial charge in [0.25, 0.3) is 0 Å².